The van der Waals surface area contributed by atoms with E-state index in [0.29, 0.717) is 11.6 Å². The smallest absolute Gasteiger partial charge is 0.372 e. The van der Waals surface area contributed by atoms with Gasteiger partial charge in [-0.1, -0.05) is 30.3 Å². The molecule has 0 aliphatic carbocycles. The first-order valence-electron chi connectivity index (χ1n) is 5.78. The molecule has 20 heavy (non-hydrogen) atoms. The second-order valence-corrected chi connectivity index (χ2v) is 4.24. The molecule has 100 valence electrons. The van der Waals surface area contributed by atoms with Crippen LogP contribution in [0.1, 0.15) is 10.6 Å². The van der Waals surface area contributed by atoms with E-state index >= 15 is 0 Å². The molecule has 0 saturated carbocycles. The zero-order valence-electron chi connectivity index (χ0n) is 10.1. The molecule has 3 nitrogen and oxygen atoms in total. The number of furan rings is 1. The minimum absolute atomic E-state index is 0.0324. The Morgan fingerprint density at radius 2 is 1.80 bits per heavy atom. The van der Waals surface area contributed by atoms with Crippen molar-refractivity contribution in [2.24, 2.45) is 0 Å². The van der Waals surface area contributed by atoms with Crippen LogP contribution in [0.15, 0.2) is 46.9 Å². The van der Waals surface area contributed by atoms with Crippen molar-refractivity contribution in [3.05, 3.63) is 59.9 Å². The summed E-state index contributed by atoms with van der Waals surface area (Å²) in [5, 5.41) is 9.15. The highest BCUT2D eigenvalue weighted by Gasteiger charge is 2.24. The van der Waals surface area contributed by atoms with Crippen molar-refractivity contribution in [1.82, 2.24) is 0 Å². The quantitative estimate of drug-likeness (QED) is 0.766. The lowest BCUT2D eigenvalue weighted by molar-refractivity contribution is 0.0666. The Hall–Kier alpha value is -2.69. The van der Waals surface area contributed by atoms with E-state index in [1.165, 1.54) is 0 Å². The molecule has 0 aliphatic heterocycles. The Kier molecular flexibility index (Phi) is 2.75. The molecule has 3 rings (SSSR count). The van der Waals surface area contributed by atoms with Crippen molar-refractivity contribution in [2.75, 3.05) is 0 Å². The number of benzene rings is 2. The number of rotatable bonds is 2. The molecule has 0 radical (unpaired) electrons. The summed E-state index contributed by atoms with van der Waals surface area (Å²) in [5.41, 5.74) is 0.485. The Morgan fingerprint density at radius 3 is 2.45 bits per heavy atom. The van der Waals surface area contributed by atoms with Crippen molar-refractivity contribution in [3.8, 4) is 11.1 Å². The van der Waals surface area contributed by atoms with Gasteiger partial charge in [0.25, 0.3) is 0 Å². The Labute approximate surface area is 112 Å². The maximum Gasteiger partial charge on any atom is 0.372 e. The number of carboxylic acid groups (broad SMARTS) is 1. The molecule has 0 saturated heterocycles. The maximum atomic E-state index is 14.0. The third-order valence-corrected chi connectivity index (χ3v) is 2.96. The maximum absolute atomic E-state index is 14.0. The molecule has 0 spiro atoms. The van der Waals surface area contributed by atoms with Crippen LogP contribution < -0.4 is 0 Å². The van der Waals surface area contributed by atoms with Crippen LogP contribution in [-0.2, 0) is 0 Å². The fourth-order valence-corrected chi connectivity index (χ4v) is 2.18. The number of halogens is 2. The van der Waals surface area contributed by atoms with Crippen LogP contribution in [0, 0.1) is 11.6 Å². The van der Waals surface area contributed by atoms with Gasteiger partial charge in [-0.05, 0) is 5.56 Å². The van der Waals surface area contributed by atoms with Gasteiger partial charge < -0.3 is 9.52 Å². The first kappa shape index (κ1) is 12.3. The van der Waals surface area contributed by atoms with E-state index in [0.717, 1.165) is 6.07 Å². The SMILES string of the molecule is O=C(O)c1oc2cc(F)cc(F)c2c1-c1ccccc1. The summed E-state index contributed by atoms with van der Waals surface area (Å²) < 4.78 is 32.3. The lowest BCUT2D eigenvalue weighted by Crippen LogP contribution is -1.96. The summed E-state index contributed by atoms with van der Waals surface area (Å²) >= 11 is 0. The minimum Gasteiger partial charge on any atom is -0.475 e. The van der Waals surface area contributed by atoms with E-state index in [2.05, 4.69) is 0 Å². The topological polar surface area (TPSA) is 50.4 Å². The molecular weight excluding hydrogens is 266 g/mol. The first-order chi connectivity index (χ1) is 9.58. The molecule has 1 heterocycles. The normalized spacial score (nSPS) is 10.9. The van der Waals surface area contributed by atoms with E-state index < -0.39 is 23.4 Å². The number of carboxylic acids is 1. The standard InChI is InChI=1S/C15H8F2O3/c16-9-6-10(17)13-11(7-9)20-14(15(18)19)12(13)8-4-2-1-3-5-8/h1-7H,(H,18,19). The predicted octanol–water partition coefficient (Wildman–Crippen LogP) is 4.08. The minimum atomic E-state index is -1.33. The van der Waals surface area contributed by atoms with Gasteiger partial charge in [-0.2, -0.15) is 0 Å². The molecule has 2 aromatic carbocycles. The molecule has 0 amide bonds. The first-order valence-corrected chi connectivity index (χ1v) is 5.78. The van der Waals surface area contributed by atoms with Gasteiger partial charge in [0.1, 0.15) is 17.2 Å². The van der Waals surface area contributed by atoms with Gasteiger partial charge in [-0.15, -0.1) is 0 Å². The zero-order valence-corrected chi connectivity index (χ0v) is 10.1. The highest BCUT2D eigenvalue weighted by atomic mass is 19.1. The Bertz CT molecular complexity index is 807. The van der Waals surface area contributed by atoms with Crippen molar-refractivity contribution in [2.45, 2.75) is 0 Å². The van der Waals surface area contributed by atoms with Crippen molar-refractivity contribution in [1.29, 1.82) is 0 Å². The van der Waals surface area contributed by atoms with Gasteiger partial charge in [-0.25, -0.2) is 13.6 Å². The average molecular weight is 274 g/mol. The second-order valence-electron chi connectivity index (χ2n) is 4.24. The van der Waals surface area contributed by atoms with Crippen LogP contribution in [0.4, 0.5) is 8.78 Å². The van der Waals surface area contributed by atoms with Crippen LogP contribution in [-0.4, -0.2) is 11.1 Å². The molecule has 5 heteroatoms. The molecule has 0 unspecified atom stereocenters. The molecule has 1 aromatic heterocycles. The van der Waals surface area contributed by atoms with Gasteiger partial charge >= 0.3 is 5.97 Å². The summed E-state index contributed by atoms with van der Waals surface area (Å²) in [6, 6.07) is 10.1. The number of carbonyl (C=O) groups is 1. The molecule has 0 bridgehead atoms. The summed E-state index contributed by atoms with van der Waals surface area (Å²) in [5.74, 6) is -3.41. The van der Waals surface area contributed by atoms with Gasteiger partial charge in [0.05, 0.1) is 5.39 Å². The zero-order chi connectivity index (χ0) is 14.3. The Morgan fingerprint density at radius 1 is 1.10 bits per heavy atom. The predicted molar refractivity (Wildman–Crippen MR) is 68.5 cm³/mol. The van der Waals surface area contributed by atoms with Crippen LogP contribution >= 0.6 is 0 Å². The Balaban J connectivity index is 2.44. The molecule has 3 aromatic rings. The number of hydrogen-bond donors (Lipinski definition) is 1. The second kappa shape index (κ2) is 4.45. The van der Waals surface area contributed by atoms with Crippen molar-refractivity contribution < 1.29 is 23.1 Å². The third-order valence-electron chi connectivity index (χ3n) is 2.96. The third kappa shape index (κ3) is 1.84. The molecule has 0 fully saturated rings. The summed E-state index contributed by atoms with van der Waals surface area (Å²) in [6.07, 6.45) is 0. The molecule has 1 N–H and O–H groups in total. The van der Waals surface area contributed by atoms with E-state index in [1.807, 2.05) is 0 Å². The lowest BCUT2D eigenvalue weighted by atomic mass is 10.0. The van der Waals surface area contributed by atoms with Gasteiger partial charge in [0, 0.05) is 17.7 Å². The molecule has 0 atom stereocenters. The highest BCUT2D eigenvalue weighted by molar-refractivity contribution is 6.05. The summed E-state index contributed by atoms with van der Waals surface area (Å²) in [6.45, 7) is 0. The van der Waals surface area contributed by atoms with E-state index in [4.69, 9.17) is 4.42 Å². The fraction of sp³-hybridized carbons (Fsp3) is 0. The van der Waals surface area contributed by atoms with Crippen LogP contribution in [0.5, 0.6) is 0 Å². The van der Waals surface area contributed by atoms with Crippen molar-refractivity contribution >= 4 is 16.9 Å². The van der Waals surface area contributed by atoms with Crippen LogP contribution in [0.3, 0.4) is 0 Å². The summed E-state index contributed by atoms with van der Waals surface area (Å²) in [7, 11) is 0. The number of hydrogen-bond acceptors (Lipinski definition) is 2. The van der Waals surface area contributed by atoms with Gasteiger partial charge in [0.2, 0.25) is 5.76 Å². The van der Waals surface area contributed by atoms with E-state index in [9.17, 15) is 18.7 Å². The van der Waals surface area contributed by atoms with Crippen LogP contribution in [0.2, 0.25) is 0 Å². The van der Waals surface area contributed by atoms with Crippen molar-refractivity contribution in [3.63, 3.8) is 0 Å². The fourth-order valence-electron chi connectivity index (χ4n) is 2.18. The molecular formula is C15H8F2O3. The monoisotopic (exact) mass is 274 g/mol. The largest absolute Gasteiger partial charge is 0.475 e. The van der Waals surface area contributed by atoms with Gasteiger partial charge in [0.15, 0.2) is 0 Å². The van der Waals surface area contributed by atoms with E-state index in [1.54, 1.807) is 30.3 Å². The number of aromatic carboxylic acids is 1. The summed E-state index contributed by atoms with van der Waals surface area (Å²) in [4.78, 5) is 11.3. The average Bonchev–Trinajstić information content (AvgIpc) is 2.79. The lowest BCUT2D eigenvalue weighted by Gasteiger charge is -2.01. The number of fused-ring (bicyclic) bond motifs is 1. The van der Waals surface area contributed by atoms with Gasteiger partial charge in [-0.3, -0.25) is 0 Å². The van der Waals surface area contributed by atoms with Crippen LogP contribution in [0.25, 0.3) is 22.1 Å². The highest BCUT2D eigenvalue weighted by Crippen LogP contribution is 2.36. The van der Waals surface area contributed by atoms with E-state index in [-0.39, 0.29) is 16.5 Å². The molecule has 0 aliphatic rings.